The van der Waals surface area contributed by atoms with Gasteiger partial charge in [-0.25, -0.2) is 0 Å². The van der Waals surface area contributed by atoms with Crippen LogP contribution < -0.4 is 0 Å². The lowest BCUT2D eigenvalue weighted by atomic mass is 10.1. The zero-order chi connectivity index (χ0) is 15.5. The molecule has 118 valence electrons. The number of aryl methyl sites for hydroxylation is 2. The van der Waals surface area contributed by atoms with Gasteiger partial charge in [-0.2, -0.15) is 9.90 Å². The van der Waals surface area contributed by atoms with Crippen molar-refractivity contribution in [2.45, 2.75) is 32.9 Å². The summed E-state index contributed by atoms with van der Waals surface area (Å²) in [4.78, 5) is 16.0. The molecule has 3 heterocycles. The van der Waals surface area contributed by atoms with Crippen LogP contribution in [0.5, 0.6) is 0 Å². The lowest BCUT2D eigenvalue weighted by Gasteiger charge is -2.33. The summed E-state index contributed by atoms with van der Waals surface area (Å²) in [6, 6.07) is 3.65. The first kappa shape index (κ1) is 14.8. The number of rotatable bonds is 4. The van der Waals surface area contributed by atoms with Crippen molar-refractivity contribution in [3.63, 3.8) is 0 Å². The normalized spacial score (nSPS) is 18.6. The molecule has 0 saturated carbocycles. The molecule has 0 aromatic carbocycles. The maximum atomic E-state index is 12.7. The average molecular weight is 304 g/mol. The molecule has 0 radical (unpaired) electrons. The van der Waals surface area contributed by atoms with E-state index in [9.17, 15) is 4.79 Å². The minimum Gasteiger partial charge on any atom is -0.464 e. The van der Waals surface area contributed by atoms with Crippen LogP contribution in [-0.4, -0.2) is 45.6 Å². The van der Waals surface area contributed by atoms with Gasteiger partial charge in [-0.15, -0.1) is 5.10 Å². The van der Waals surface area contributed by atoms with Crippen molar-refractivity contribution < 1.29 is 13.9 Å². The summed E-state index contributed by atoms with van der Waals surface area (Å²) >= 11 is 0. The number of carbonyl (C=O) groups is 1. The molecule has 1 amide bonds. The summed E-state index contributed by atoms with van der Waals surface area (Å²) in [6.07, 6.45) is 2.34. The second-order valence-electron chi connectivity index (χ2n) is 5.17. The van der Waals surface area contributed by atoms with Gasteiger partial charge in [0, 0.05) is 13.0 Å². The summed E-state index contributed by atoms with van der Waals surface area (Å²) in [5, 5.41) is 8.27. The second kappa shape index (κ2) is 6.31. The van der Waals surface area contributed by atoms with Crippen LogP contribution >= 0.6 is 0 Å². The Morgan fingerprint density at radius 1 is 1.41 bits per heavy atom. The van der Waals surface area contributed by atoms with Gasteiger partial charge in [-0.3, -0.25) is 4.79 Å². The van der Waals surface area contributed by atoms with E-state index >= 15 is 0 Å². The molecule has 1 saturated heterocycles. The molecule has 0 spiro atoms. The quantitative estimate of drug-likeness (QED) is 0.859. The first-order valence-corrected chi connectivity index (χ1v) is 7.60. The predicted molar refractivity (Wildman–Crippen MR) is 78.4 cm³/mol. The predicted octanol–water partition coefficient (Wildman–Crippen LogP) is 1.67. The van der Waals surface area contributed by atoms with E-state index in [0.29, 0.717) is 32.0 Å². The van der Waals surface area contributed by atoms with Gasteiger partial charge in [-0.05, 0) is 19.1 Å². The highest BCUT2D eigenvalue weighted by Crippen LogP contribution is 2.27. The molecule has 1 aliphatic heterocycles. The first-order valence-electron chi connectivity index (χ1n) is 7.60. The first-order chi connectivity index (χ1) is 10.7. The number of ether oxygens (including phenoxy) is 1. The van der Waals surface area contributed by atoms with E-state index in [0.717, 1.165) is 17.9 Å². The third kappa shape index (κ3) is 2.76. The molecule has 1 unspecified atom stereocenters. The Hall–Kier alpha value is -2.15. The molecule has 22 heavy (non-hydrogen) atoms. The number of furan rings is 1. The Bertz CT molecular complexity index is 649. The van der Waals surface area contributed by atoms with Crippen LogP contribution in [0, 0.1) is 0 Å². The third-order valence-electron chi connectivity index (χ3n) is 3.79. The van der Waals surface area contributed by atoms with Crippen LogP contribution in [0.1, 0.15) is 41.9 Å². The van der Waals surface area contributed by atoms with Gasteiger partial charge in [-0.1, -0.05) is 6.92 Å². The molecule has 7 nitrogen and oxygen atoms in total. The minimum absolute atomic E-state index is 0.137. The number of aromatic nitrogens is 3. The molecule has 1 fully saturated rings. The molecule has 0 bridgehead atoms. The lowest BCUT2D eigenvalue weighted by Crippen LogP contribution is -2.43. The summed E-state index contributed by atoms with van der Waals surface area (Å²) in [5.74, 6) is 1.53. The van der Waals surface area contributed by atoms with Gasteiger partial charge in [0.05, 0.1) is 26.0 Å². The molecular weight excluding hydrogens is 284 g/mol. The number of morpholine rings is 1. The van der Waals surface area contributed by atoms with Crippen molar-refractivity contribution >= 4 is 5.91 Å². The zero-order valence-corrected chi connectivity index (χ0v) is 12.9. The highest BCUT2D eigenvalue weighted by Gasteiger charge is 2.32. The van der Waals surface area contributed by atoms with Crippen molar-refractivity contribution in [3.8, 4) is 0 Å². The van der Waals surface area contributed by atoms with Crippen LogP contribution in [-0.2, 0) is 17.7 Å². The Balaban J connectivity index is 1.83. The van der Waals surface area contributed by atoms with Crippen molar-refractivity contribution in [1.82, 2.24) is 19.9 Å². The fourth-order valence-corrected chi connectivity index (χ4v) is 2.54. The van der Waals surface area contributed by atoms with Crippen LogP contribution in [0.3, 0.4) is 0 Å². The van der Waals surface area contributed by atoms with Gasteiger partial charge in [0.1, 0.15) is 17.6 Å². The van der Waals surface area contributed by atoms with Crippen LogP contribution in [0.4, 0.5) is 0 Å². The average Bonchev–Trinajstić information content (AvgIpc) is 3.23. The number of hydrogen-bond acceptors (Lipinski definition) is 5. The van der Waals surface area contributed by atoms with Crippen molar-refractivity contribution in [2.24, 2.45) is 0 Å². The molecule has 2 aromatic rings. The maximum absolute atomic E-state index is 12.7. The van der Waals surface area contributed by atoms with Gasteiger partial charge in [0.15, 0.2) is 5.69 Å². The van der Waals surface area contributed by atoms with E-state index in [4.69, 9.17) is 9.15 Å². The fraction of sp³-hybridized carbons (Fsp3) is 0.533. The summed E-state index contributed by atoms with van der Waals surface area (Å²) in [7, 11) is 0. The highest BCUT2D eigenvalue weighted by molar-refractivity contribution is 5.92. The van der Waals surface area contributed by atoms with Crippen LogP contribution in [0.2, 0.25) is 0 Å². The number of amides is 1. The SMILES string of the molecule is CCc1ccc(C2COCCN2C(=O)c2cnn(CC)n2)o1. The van der Waals surface area contributed by atoms with Crippen molar-refractivity contribution in [3.05, 3.63) is 35.5 Å². The molecule has 0 N–H and O–H groups in total. The van der Waals surface area contributed by atoms with E-state index in [2.05, 4.69) is 10.2 Å². The summed E-state index contributed by atoms with van der Waals surface area (Å²) in [5.41, 5.74) is 0.357. The van der Waals surface area contributed by atoms with E-state index < -0.39 is 0 Å². The fourth-order valence-electron chi connectivity index (χ4n) is 2.54. The molecular formula is C15H20N4O3. The monoisotopic (exact) mass is 304 g/mol. The maximum Gasteiger partial charge on any atom is 0.276 e. The van der Waals surface area contributed by atoms with Gasteiger partial charge >= 0.3 is 0 Å². The Labute approximate surface area is 128 Å². The molecule has 1 aliphatic rings. The van der Waals surface area contributed by atoms with Gasteiger partial charge in [0.2, 0.25) is 0 Å². The van der Waals surface area contributed by atoms with E-state index in [1.54, 1.807) is 4.90 Å². The smallest absolute Gasteiger partial charge is 0.276 e. The molecule has 2 aromatic heterocycles. The van der Waals surface area contributed by atoms with Gasteiger partial charge in [0.25, 0.3) is 5.91 Å². The van der Waals surface area contributed by atoms with Crippen LogP contribution in [0.25, 0.3) is 0 Å². The second-order valence-corrected chi connectivity index (χ2v) is 5.17. The standard InChI is InChI=1S/C15H20N4O3/c1-3-11-5-6-14(22-11)13-10-21-8-7-18(13)15(20)12-9-16-19(4-2)17-12/h5-6,9,13H,3-4,7-8,10H2,1-2H3. The Morgan fingerprint density at radius 2 is 2.27 bits per heavy atom. The third-order valence-corrected chi connectivity index (χ3v) is 3.79. The lowest BCUT2D eigenvalue weighted by molar-refractivity contribution is -0.00934. The number of hydrogen-bond donors (Lipinski definition) is 0. The summed E-state index contributed by atoms with van der Waals surface area (Å²) in [6.45, 7) is 6.07. The van der Waals surface area contributed by atoms with Crippen molar-refractivity contribution in [1.29, 1.82) is 0 Å². The van der Waals surface area contributed by atoms with Gasteiger partial charge < -0.3 is 14.1 Å². The summed E-state index contributed by atoms with van der Waals surface area (Å²) < 4.78 is 11.3. The van der Waals surface area contributed by atoms with Crippen molar-refractivity contribution in [2.75, 3.05) is 19.8 Å². The number of nitrogens with zero attached hydrogens (tertiary/aromatic N) is 4. The highest BCUT2D eigenvalue weighted by atomic mass is 16.5. The largest absolute Gasteiger partial charge is 0.464 e. The molecule has 1 atom stereocenters. The number of carbonyl (C=O) groups excluding carboxylic acids is 1. The molecule has 0 aliphatic carbocycles. The minimum atomic E-state index is -0.215. The zero-order valence-electron chi connectivity index (χ0n) is 12.9. The molecule has 7 heteroatoms. The Morgan fingerprint density at radius 3 is 2.95 bits per heavy atom. The van der Waals surface area contributed by atoms with E-state index in [1.807, 2.05) is 26.0 Å². The topological polar surface area (TPSA) is 73.4 Å². The van der Waals surface area contributed by atoms with E-state index in [1.165, 1.54) is 11.0 Å². The van der Waals surface area contributed by atoms with E-state index in [-0.39, 0.29) is 11.9 Å². The Kier molecular flexibility index (Phi) is 4.24. The molecule has 3 rings (SSSR count). The van der Waals surface area contributed by atoms with Crippen LogP contribution in [0.15, 0.2) is 22.7 Å².